The Labute approximate surface area is 159 Å². The summed E-state index contributed by atoms with van der Waals surface area (Å²) >= 11 is 6.70. The molecule has 1 heterocycles. The largest absolute Gasteiger partial charge is 0.497 e. The molecule has 0 aromatic heterocycles. The summed E-state index contributed by atoms with van der Waals surface area (Å²) in [5.74, 6) is 1.00. The van der Waals surface area contributed by atoms with E-state index in [0.29, 0.717) is 12.6 Å². The van der Waals surface area contributed by atoms with Crippen molar-refractivity contribution in [3.8, 4) is 5.75 Å². The average Bonchev–Trinajstić information content (AvgIpc) is 3.29. The first-order valence-corrected chi connectivity index (χ1v) is 9.71. The van der Waals surface area contributed by atoms with Crippen LogP contribution in [0.15, 0.2) is 30.3 Å². The highest BCUT2D eigenvalue weighted by atomic mass is 35.5. The quantitative estimate of drug-likeness (QED) is 0.746. The van der Waals surface area contributed by atoms with Crippen LogP contribution in [0.1, 0.15) is 58.3 Å². The van der Waals surface area contributed by atoms with Gasteiger partial charge in [-0.2, -0.15) is 0 Å². The van der Waals surface area contributed by atoms with E-state index in [2.05, 4.69) is 25.1 Å². The number of rotatable bonds is 4. The van der Waals surface area contributed by atoms with Crippen molar-refractivity contribution in [1.82, 2.24) is 4.90 Å². The van der Waals surface area contributed by atoms with Crippen LogP contribution in [0.25, 0.3) is 0 Å². The van der Waals surface area contributed by atoms with Crippen molar-refractivity contribution < 1.29 is 9.53 Å². The van der Waals surface area contributed by atoms with Gasteiger partial charge in [-0.05, 0) is 61.1 Å². The lowest BCUT2D eigenvalue weighted by Gasteiger charge is -2.23. The van der Waals surface area contributed by atoms with Crippen LogP contribution in [0.4, 0.5) is 0 Å². The first-order valence-electron chi connectivity index (χ1n) is 9.33. The lowest BCUT2D eigenvalue weighted by molar-refractivity contribution is 0.0707. The van der Waals surface area contributed by atoms with E-state index >= 15 is 0 Å². The molecule has 2 aliphatic rings. The second-order valence-corrected chi connectivity index (χ2v) is 7.77. The third-order valence-electron chi connectivity index (χ3n) is 5.86. The molecule has 1 amide bonds. The molecule has 0 saturated heterocycles. The number of carbonyl (C=O) groups excluding carboxylic acids is 1. The van der Waals surface area contributed by atoms with E-state index in [1.165, 1.54) is 18.4 Å². The first kappa shape index (κ1) is 17.4. The zero-order valence-electron chi connectivity index (χ0n) is 15.3. The van der Waals surface area contributed by atoms with Crippen molar-refractivity contribution in [2.75, 3.05) is 7.11 Å². The van der Waals surface area contributed by atoms with Crippen molar-refractivity contribution in [2.45, 2.75) is 51.6 Å². The Bertz CT molecular complexity index is 838. The predicted molar refractivity (Wildman–Crippen MR) is 104 cm³/mol. The van der Waals surface area contributed by atoms with Gasteiger partial charge in [-0.3, -0.25) is 4.79 Å². The van der Waals surface area contributed by atoms with E-state index in [1.807, 2.05) is 17.0 Å². The number of fused-ring (bicyclic) bond motifs is 1. The van der Waals surface area contributed by atoms with Crippen LogP contribution in [0.5, 0.6) is 5.75 Å². The molecule has 0 atom stereocenters. The highest BCUT2D eigenvalue weighted by Crippen LogP contribution is 2.38. The summed E-state index contributed by atoms with van der Waals surface area (Å²) in [6, 6.07) is 10.5. The van der Waals surface area contributed by atoms with Gasteiger partial charge in [0.1, 0.15) is 5.75 Å². The minimum Gasteiger partial charge on any atom is -0.497 e. The fourth-order valence-corrected chi connectivity index (χ4v) is 4.54. The fourth-order valence-electron chi connectivity index (χ4n) is 4.26. The summed E-state index contributed by atoms with van der Waals surface area (Å²) in [5.41, 5.74) is 5.21. The number of methoxy groups -OCH3 is 1. The molecule has 4 heteroatoms. The highest BCUT2D eigenvalue weighted by molar-refractivity contribution is 6.33. The summed E-state index contributed by atoms with van der Waals surface area (Å²) in [5, 5.41) is 0.764. The number of carbonyl (C=O) groups is 1. The number of hydrogen-bond acceptors (Lipinski definition) is 2. The molecule has 0 bridgehead atoms. The van der Waals surface area contributed by atoms with Crippen LogP contribution < -0.4 is 4.74 Å². The Morgan fingerprint density at radius 2 is 1.88 bits per heavy atom. The molecule has 1 fully saturated rings. The van der Waals surface area contributed by atoms with Crippen molar-refractivity contribution in [1.29, 1.82) is 0 Å². The molecule has 2 aromatic rings. The average molecular weight is 370 g/mol. The van der Waals surface area contributed by atoms with Gasteiger partial charge >= 0.3 is 0 Å². The number of halogens is 1. The first-order chi connectivity index (χ1) is 12.6. The van der Waals surface area contributed by atoms with Crippen LogP contribution in [0.3, 0.4) is 0 Å². The monoisotopic (exact) mass is 369 g/mol. The van der Waals surface area contributed by atoms with Crippen LogP contribution in [0.2, 0.25) is 5.02 Å². The zero-order valence-corrected chi connectivity index (χ0v) is 16.1. The number of hydrogen-bond donors (Lipinski definition) is 0. The van der Waals surface area contributed by atoms with Gasteiger partial charge in [0.15, 0.2) is 0 Å². The van der Waals surface area contributed by atoms with Crippen LogP contribution in [-0.4, -0.2) is 24.0 Å². The van der Waals surface area contributed by atoms with Gasteiger partial charge in [-0.15, -0.1) is 0 Å². The Balaban J connectivity index is 1.64. The lowest BCUT2D eigenvalue weighted by Crippen LogP contribution is -2.33. The van der Waals surface area contributed by atoms with Crippen molar-refractivity contribution in [2.24, 2.45) is 0 Å². The summed E-state index contributed by atoms with van der Waals surface area (Å²) < 4.78 is 5.23. The van der Waals surface area contributed by atoms with Gasteiger partial charge in [0.2, 0.25) is 0 Å². The Hall–Kier alpha value is -2.00. The molecule has 0 unspecified atom stereocenters. The van der Waals surface area contributed by atoms with E-state index in [1.54, 1.807) is 7.11 Å². The lowest BCUT2D eigenvalue weighted by atomic mass is 9.95. The molecule has 26 heavy (non-hydrogen) atoms. The molecule has 0 radical (unpaired) electrons. The van der Waals surface area contributed by atoms with Gasteiger partial charge in [-0.1, -0.05) is 36.6 Å². The van der Waals surface area contributed by atoms with E-state index in [0.717, 1.165) is 52.3 Å². The standard InChI is InChI=1S/C22H24ClNO2/c1-14-16(11-15-7-9-18(26-2)10-8-15)12-19-20(21(14)23)13-24(22(19)25)17-5-3-4-6-17/h7-10,12,17H,3-6,11,13H2,1-2H3. The van der Waals surface area contributed by atoms with Crippen LogP contribution in [-0.2, 0) is 13.0 Å². The molecule has 136 valence electrons. The second-order valence-electron chi connectivity index (χ2n) is 7.40. The van der Waals surface area contributed by atoms with Gasteiger partial charge in [-0.25, -0.2) is 0 Å². The summed E-state index contributed by atoms with van der Waals surface area (Å²) in [6.45, 7) is 2.73. The number of ether oxygens (including phenoxy) is 1. The van der Waals surface area contributed by atoms with E-state index < -0.39 is 0 Å². The fraction of sp³-hybridized carbons (Fsp3) is 0.409. The minimum atomic E-state index is 0.157. The number of benzene rings is 2. The molecule has 1 saturated carbocycles. The molecule has 3 nitrogen and oxygen atoms in total. The summed E-state index contributed by atoms with van der Waals surface area (Å²) in [6.07, 6.45) is 5.45. The van der Waals surface area contributed by atoms with E-state index in [-0.39, 0.29) is 5.91 Å². The van der Waals surface area contributed by atoms with Crippen LogP contribution >= 0.6 is 11.6 Å². The molecule has 1 aliphatic carbocycles. The van der Waals surface area contributed by atoms with Crippen molar-refractivity contribution >= 4 is 17.5 Å². The third-order valence-corrected chi connectivity index (χ3v) is 6.37. The van der Waals surface area contributed by atoms with Crippen molar-refractivity contribution in [3.05, 3.63) is 63.2 Å². The van der Waals surface area contributed by atoms with Gasteiger partial charge < -0.3 is 9.64 Å². The molecule has 4 rings (SSSR count). The predicted octanol–water partition coefficient (Wildman–Crippen LogP) is 5.15. The number of nitrogens with zero attached hydrogens (tertiary/aromatic N) is 1. The zero-order chi connectivity index (χ0) is 18.3. The van der Waals surface area contributed by atoms with Gasteiger partial charge in [0.05, 0.1) is 7.11 Å². The SMILES string of the molecule is COc1ccc(Cc2cc3c(c(Cl)c2C)CN(C2CCCC2)C3=O)cc1. The second kappa shape index (κ2) is 6.96. The normalized spacial score (nSPS) is 17.0. The van der Waals surface area contributed by atoms with Gasteiger partial charge in [0.25, 0.3) is 5.91 Å². The highest BCUT2D eigenvalue weighted by Gasteiger charge is 2.36. The maximum Gasteiger partial charge on any atom is 0.254 e. The molecular weight excluding hydrogens is 346 g/mol. The summed E-state index contributed by atoms with van der Waals surface area (Å²) in [4.78, 5) is 15.0. The minimum absolute atomic E-state index is 0.157. The summed E-state index contributed by atoms with van der Waals surface area (Å²) in [7, 11) is 1.67. The molecule has 2 aromatic carbocycles. The molecule has 0 N–H and O–H groups in total. The maximum absolute atomic E-state index is 13.0. The molecular formula is C22H24ClNO2. The molecule has 0 spiro atoms. The Kier molecular flexibility index (Phi) is 4.66. The molecule has 1 aliphatic heterocycles. The Morgan fingerprint density at radius 1 is 1.19 bits per heavy atom. The Morgan fingerprint density at radius 3 is 2.54 bits per heavy atom. The maximum atomic E-state index is 13.0. The topological polar surface area (TPSA) is 29.5 Å². The van der Waals surface area contributed by atoms with Crippen molar-refractivity contribution in [3.63, 3.8) is 0 Å². The van der Waals surface area contributed by atoms with E-state index in [9.17, 15) is 4.79 Å². The smallest absolute Gasteiger partial charge is 0.254 e. The van der Waals surface area contributed by atoms with Gasteiger partial charge in [0, 0.05) is 28.7 Å². The van der Waals surface area contributed by atoms with Crippen LogP contribution in [0, 0.1) is 6.92 Å². The third kappa shape index (κ3) is 2.99. The van der Waals surface area contributed by atoms with E-state index in [4.69, 9.17) is 16.3 Å². The number of amides is 1.